The predicted molar refractivity (Wildman–Crippen MR) is 84.0 cm³/mol. The molecule has 0 aliphatic carbocycles. The fourth-order valence-corrected chi connectivity index (χ4v) is 1.93. The largest absolute Gasteiger partial charge is 0.459 e. The zero-order chi connectivity index (χ0) is 14.9. The minimum absolute atomic E-state index is 0.182. The van der Waals surface area contributed by atoms with E-state index in [1.54, 1.807) is 12.1 Å². The summed E-state index contributed by atoms with van der Waals surface area (Å²) in [4.78, 5) is 11.6. The van der Waals surface area contributed by atoms with Gasteiger partial charge >= 0.3 is 0 Å². The third-order valence-electron chi connectivity index (χ3n) is 2.95. The smallest absolute Gasteiger partial charge is 0.287 e. The van der Waals surface area contributed by atoms with Gasteiger partial charge in [0.15, 0.2) is 5.76 Å². The van der Waals surface area contributed by atoms with E-state index in [-0.39, 0.29) is 5.91 Å². The second kappa shape index (κ2) is 8.07. The Morgan fingerprint density at radius 3 is 2.67 bits per heavy atom. The van der Waals surface area contributed by atoms with Crippen LogP contribution in [0.25, 0.3) is 6.08 Å². The Morgan fingerprint density at radius 2 is 1.95 bits per heavy atom. The number of amides is 1. The van der Waals surface area contributed by atoms with E-state index >= 15 is 0 Å². The quantitative estimate of drug-likeness (QED) is 0.769. The Balaban J connectivity index is 1.63. The van der Waals surface area contributed by atoms with Crippen LogP contribution in [0.2, 0.25) is 0 Å². The maximum atomic E-state index is 11.6. The Hall–Kier alpha value is -2.33. The van der Waals surface area contributed by atoms with Crippen molar-refractivity contribution in [3.05, 3.63) is 65.6 Å². The minimum Gasteiger partial charge on any atom is -0.459 e. The van der Waals surface area contributed by atoms with Crippen molar-refractivity contribution in [1.82, 2.24) is 10.6 Å². The molecule has 0 fully saturated rings. The summed E-state index contributed by atoms with van der Waals surface area (Å²) in [6, 6.07) is 13.6. The van der Waals surface area contributed by atoms with Gasteiger partial charge in [0.25, 0.3) is 5.91 Å². The lowest BCUT2D eigenvalue weighted by molar-refractivity contribution is 0.0926. The Morgan fingerprint density at radius 1 is 1.14 bits per heavy atom. The van der Waals surface area contributed by atoms with Crippen molar-refractivity contribution in [2.75, 3.05) is 19.6 Å². The van der Waals surface area contributed by atoms with Gasteiger partial charge in [0.2, 0.25) is 0 Å². The predicted octanol–water partition coefficient (Wildman–Crippen LogP) is 2.70. The summed E-state index contributed by atoms with van der Waals surface area (Å²) in [5, 5.41) is 6.09. The van der Waals surface area contributed by atoms with Crippen LogP contribution in [-0.4, -0.2) is 25.5 Å². The molecule has 0 saturated carbocycles. The molecule has 110 valence electrons. The molecule has 1 heterocycles. The average molecular weight is 284 g/mol. The molecule has 0 spiro atoms. The highest BCUT2D eigenvalue weighted by molar-refractivity contribution is 5.91. The summed E-state index contributed by atoms with van der Waals surface area (Å²) in [5.74, 6) is 0.161. The second-order valence-electron chi connectivity index (χ2n) is 4.81. The number of benzene rings is 1. The molecule has 2 rings (SSSR count). The van der Waals surface area contributed by atoms with Gasteiger partial charge in [-0.15, -0.1) is 0 Å². The van der Waals surface area contributed by atoms with Crippen LogP contribution in [0.5, 0.6) is 0 Å². The normalized spacial score (nSPS) is 11.4. The first kappa shape index (κ1) is 15.1. The number of furan rings is 1. The molecule has 0 atom stereocenters. The molecule has 4 nitrogen and oxygen atoms in total. The number of hydrogen-bond acceptors (Lipinski definition) is 3. The van der Waals surface area contributed by atoms with Gasteiger partial charge in [0.1, 0.15) is 0 Å². The van der Waals surface area contributed by atoms with Gasteiger partial charge in [-0.2, -0.15) is 0 Å². The molecule has 21 heavy (non-hydrogen) atoms. The molecular weight excluding hydrogens is 264 g/mol. The van der Waals surface area contributed by atoms with Gasteiger partial charge in [-0.05, 0) is 24.6 Å². The molecule has 1 aromatic heterocycles. The molecule has 0 aliphatic rings. The van der Waals surface area contributed by atoms with Crippen LogP contribution in [0.15, 0.2) is 58.7 Å². The molecule has 0 bridgehead atoms. The molecular formula is C17H20N2O2. The zero-order valence-corrected chi connectivity index (χ0v) is 12.1. The van der Waals surface area contributed by atoms with E-state index in [9.17, 15) is 4.79 Å². The first-order valence-electron chi connectivity index (χ1n) is 7.00. The van der Waals surface area contributed by atoms with E-state index in [0.717, 1.165) is 6.54 Å². The van der Waals surface area contributed by atoms with Crippen LogP contribution in [-0.2, 0) is 0 Å². The third-order valence-corrected chi connectivity index (χ3v) is 2.95. The molecule has 0 saturated heterocycles. The first-order valence-corrected chi connectivity index (χ1v) is 7.00. The zero-order valence-electron chi connectivity index (χ0n) is 12.1. The Bertz CT molecular complexity index is 574. The van der Waals surface area contributed by atoms with Crippen LogP contribution >= 0.6 is 0 Å². The van der Waals surface area contributed by atoms with E-state index in [4.69, 9.17) is 4.42 Å². The fourth-order valence-electron chi connectivity index (χ4n) is 1.93. The van der Waals surface area contributed by atoms with E-state index in [2.05, 4.69) is 35.8 Å². The van der Waals surface area contributed by atoms with Crippen LogP contribution in [0.3, 0.4) is 0 Å². The lowest BCUT2D eigenvalue weighted by atomic mass is 10.1. The number of rotatable bonds is 7. The highest BCUT2D eigenvalue weighted by atomic mass is 16.3. The van der Waals surface area contributed by atoms with Crippen molar-refractivity contribution < 1.29 is 9.21 Å². The Labute approximate surface area is 124 Å². The number of nitrogens with one attached hydrogen (secondary N) is 2. The summed E-state index contributed by atoms with van der Waals surface area (Å²) in [6.07, 6.45) is 3.64. The second-order valence-corrected chi connectivity index (χ2v) is 4.81. The van der Waals surface area contributed by atoms with Crippen molar-refractivity contribution in [1.29, 1.82) is 0 Å². The molecule has 1 aromatic carbocycles. The summed E-state index contributed by atoms with van der Waals surface area (Å²) >= 11 is 0. The average Bonchev–Trinajstić information content (AvgIpc) is 3.02. The van der Waals surface area contributed by atoms with Gasteiger partial charge in [0.05, 0.1) is 6.26 Å². The van der Waals surface area contributed by atoms with Crippen molar-refractivity contribution in [2.24, 2.45) is 0 Å². The minimum atomic E-state index is -0.182. The molecule has 2 N–H and O–H groups in total. The molecule has 0 unspecified atom stereocenters. The lowest BCUT2D eigenvalue weighted by Gasteiger charge is -2.06. The number of hydrogen-bond donors (Lipinski definition) is 2. The number of carbonyl (C=O) groups is 1. The number of carbonyl (C=O) groups excluding carboxylic acids is 1. The maximum absolute atomic E-state index is 11.6. The van der Waals surface area contributed by atoms with E-state index in [1.165, 1.54) is 17.4 Å². The van der Waals surface area contributed by atoms with Crippen LogP contribution in [0.4, 0.5) is 0 Å². The van der Waals surface area contributed by atoms with Crippen molar-refractivity contribution in [3.63, 3.8) is 0 Å². The van der Waals surface area contributed by atoms with Crippen LogP contribution < -0.4 is 10.6 Å². The van der Waals surface area contributed by atoms with Gasteiger partial charge < -0.3 is 15.1 Å². The van der Waals surface area contributed by atoms with E-state index < -0.39 is 0 Å². The Kier molecular flexibility index (Phi) is 5.79. The van der Waals surface area contributed by atoms with Crippen molar-refractivity contribution >= 4 is 12.0 Å². The van der Waals surface area contributed by atoms with Crippen molar-refractivity contribution in [2.45, 2.75) is 6.92 Å². The molecule has 2 aromatic rings. The van der Waals surface area contributed by atoms with Gasteiger partial charge in [-0.25, -0.2) is 0 Å². The van der Waals surface area contributed by atoms with Gasteiger partial charge in [-0.1, -0.05) is 42.0 Å². The molecule has 0 radical (unpaired) electrons. The highest BCUT2D eigenvalue weighted by Crippen LogP contribution is 2.05. The van der Waals surface area contributed by atoms with Crippen molar-refractivity contribution in [3.8, 4) is 0 Å². The first-order chi connectivity index (χ1) is 10.3. The standard InChI is InChI=1S/C17H20N2O2/c1-14(12-15-6-3-2-4-7-15)13-18-9-10-19-17(20)16-8-5-11-21-16/h2-8,11-12,18H,9-10,13H2,1H3,(H,19,20)/b14-12-. The monoisotopic (exact) mass is 284 g/mol. The van der Waals surface area contributed by atoms with Gasteiger partial charge in [0, 0.05) is 19.6 Å². The van der Waals surface area contributed by atoms with Crippen LogP contribution in [0, 0.1) is 0 Å². The summed E-state index contributed by atoms with van der Waals surface area (Å²) in [5.41, 5.74) is 2.45. The maximum Gasteiger partial charge on any atom is 0.287 e. The lowest BCUT2D eigenvalue weighted by Crippen LogP contribution is -2.32. The highest BCUT2D eigenvalue weighted by Gasteiger charge is 2.06. The molecule has 0 aliphatic heterocycles. The SMILES string of the molecule is C/C(=C/c1ccccc1)CNCCNC(=O)c1ccco1. The molecule has 4 heteroatoms. The topological polar surface area (TPSA) is 54.3 Å². The van der Waals surface area contributed by atoms with E-state index in [0.29, 0.717) is 18.8 Å². The van der Waals surface area contributed by atoms with E-state index in [1.807, 2.05) is 18.2 Å². The summed E-state index contributed by atoms with van der Waals surface area (Å²) in [6.45, 7) is 4.16. The summed E-state index contributed by atoms with van der Waals surface area (Å²) in [7, 11) is 0. The summed E-state index contributed by atoms with van der Waals surface area (Å²) < 4.78 is 5.02. The third kappa shape index (κ3) is 5.28. The van der Waals surface area contributed by atoms with Crippen LogP contribution in [0.1, 0.15) is 23.0 Å². The molecule has 1 amide bonds. The van der Waals surface area contributed by atoms with Gasteiger partial charge in [-0.3, -0.25) is 4.79 Å². The fraction of sp³-hybridized carbons (Fsp3) is 0.235.